The fourth-order valence-corrected chi connectivity index (χ4v) is 1.73. The highest BCUT2D eigenvalue weighted by molar-refractivity contribution is 5.93. The number of benzene rings is 1. The van der Waals surface area contributed by atoms with Gasteiger partial charge in [0.15, 0.2) is 5.78 Å². The Labute approximate surface area is 112 Å². The van der Waals surface area contributed by atoms with E-state index in [2.05, 4.69) is 4.98 Å². The molecule has 0 aliphatic carbocycles. The predicted molar refractivity (Wildman–Crippen MR) is 75.3 cm³/mol. The number of pyridine rings is 1. The molecule has 0 amide bonds. The van der Waals surface area contributed by atoms with Crippen molar-refractivity contribution in [2.24, 2.45) is 0 Å². The highest BCUT2D eigenvalue weighted by Gasteiger charge is 2.06. The van der Waals surface area contributed by atoms with Gasteiger partial charge in [0.1, 0.15) is 11.6 Å². The summed E-state index contributed by atoms with van der Waals surface area (Å²) in [7, 11) is 3.57. The van der Waals surface area contributed by atoms with Gasteiger partial charge >= 0.3 is 0 Å². The van der Waals surface area contributed by atoms with Crippen molar-refractivity contribution in [1.29, 1.82) is 0 Å². The summed E-state index contributed by atoms with van der Waals surface area (Å²) in [6, 6.07) is 11.3. The van der Waals surface area contributed by atoms with Crippen LogP contribution in [0.25, 0.3) is 0 Å². The highest BCUT2D eigenvalue weighted by atomic mass is 16.5. The lowest BCUT2D eigenvalue weighted by molar-refractivity contribution is 0.101. The molecule has 0 spiro atoms. The molecule has 0 unspecified atom stereocenters. The predicted octanol–water partition coefficient (Wildman–Crippen LogP) is 3.06. The fraction of sp³-hybridized carbons (Fsp3) is 0.200. The van der Waals surface area contributed by atoms with E-state index in [0.29, 0.717) is 5.56 Å². The van der Waals surface area contributed by atoms with E-state index in [4.69, 9.17) is 4.74 Å². The highest BCUT2D eigenvalue weighted by Crippen LogP contribution is 2.24. The van der Waals surface area contributed by atoms with Gasteiger partial charge in [-0.1, -0.05) is 0 Å². The molecule has 19 heavy (non-hydrogen) atoms. The lowest BCUT2D eigenvalue weighted by atomic mass is 10.2. The quantitative estimate of drug-likeness (QED) is 0.788. The van der Waals surface area contributed by atoms with Gasteiger partial charge in [-0.2, -0.15) is 0 Å². The lowest BCUT2D eigenvalue weighted by Crippen LogP contribution is -2.11. The molecule has 2 rings (SSSR count). The van der Waals surface area contributed by atoms with Crippen molar-refractivity contribution in [3.63, 3.8) is 0 Å². The number of nitrogens with zero attached hydrogens (tertiary/aromatic N) is 2. The largest absolute Gasteiger partial charge is 0.497 e. The minimum absolute atomic E-state index is 0.0196. The number of carbonyl (C=O) groups is 1. The van der Waals surface area contributed by atoms with Gasteiger partial charge in [0, 0.05) is 24.5 Å². The summed E-state index contributed by atoms with van der Waals surface area (Å²) in [6.07, 6.45) is 1.59. The normalized spacial score (nSPS) is 10.1. The first-order valence-corrected chi connectivity index (χ1v) is 5.96. The minimum atomic E-state index is 0.0196. The van der Waals surface area contributed by atoms with Gasteiger partial charge < -0.3 is 9.64 Å². The van der Waals surface area contributed by atoms with E-state index in [0.717, 1.165) is 17.3 Å². The maximum absolute atomic E-state index is 11.2. The van der Waals surface area contributed by atoms with Gasteiger partial charge in [-0.15, -0.1) is 0 Å². The van der Waals surface area contributed by atoms with Crippen LogP contribution in [0.3, 0.4) is 0 Å². The van der Waals surface area contributed by atoms with Crippen LogP contribution in [0.2, 0.25) is 0 Å². The van der Waals surface area contributed by atoms with Crippen LogP contribution in [-0.2, 0) is 0 Å². The van der Waals surface area contributed by atoms with Crippen molar-refractivity contribution < 1.29 is 9.53 Å². The zero-order valence-electron chi connectivity index (χ0n) is 11.3. The molecule has 0 radical (unpaired) electrons. The molecule has 98 valence electrons. The van der Waals surface area contributed by atoms with Crippen LogP contribution in [0.5, 0.6) is 5.75 Å². The zero-order valence-corrected chi connectivity index (χ0v) is 11.3. The molecule has 1 aromatic heterocycles. The molecule has 4 heteroatoms. The van der Waals surface area contributed by atoms with Gasteiger partial charge in [-0.05, 0) is 43.3 Å². The number of carbonyl (C=O) groups excluding carboxylic acids is 1. The van der Waals surface area contributed by atoms with Crippen molar-refractivity contribution in [3.8, 4) is 5.75 Å². The zero-order chi connectivity index (χ0) is 13.8. The molecule has 0 atom stereocenters. The Bertz CT molecular complexity index is 562. The maximum atomic E-state index is 11.2. The summed E-state index contributed by atoms with van der Waals surface area (Å²) >= 11 is 0. The van der Waals surface area contributed by atoms with E-state index < -0.39 is 0 Å². The summed E-state index contributed by atoms with van der Waals surface area (Å²) < 4.78 is 5.13. The first-order chi connectivity index (χ1) is 9.11. The number of methoxy groups -OCH3 is 1. The molecule has 1 aromatic carbocycles. The van der Waals surface area contributed by atoms with Crippen molar-refractivity contribution in [2.45, 2.75) is 6.92 Å². The lowest BCUT2D eigenvalue weighted by Gasteiger charge is -2.18. The van der Waals surface area contributed by atoms with Gasteiger partial charge in [0.05, 0.1) is 7.11 Å². The topological polar surface area (TPSA) is 42.4 Å². The number of anilines is 2. The van der Waals surface area contributed by atoms with E-state index >= 15 is 0 Å². The third-order valence-corrected chi connectivity index (χ3v) is 2.96. The second-order valence-electron chi connectivity index (χ2n) is 4.22. The number of hydrogen-bond acceptors (Lipinski definition) is 4. The maximum Gasteiger partial charge on any atom is 0.161 e. The third-order valence-electron chi connectivity index (χ3n) is 2.96. The molecular formula is C15H16N2O2. The molecule has 0 aliphatic heterocycles. The summed E-state index contributed by atoms with van der Waals surface area (Å²) in [4.78, 5) is 17.4. The first-order valence-electron chi connectivity index (χ1n) is 5.96. The van der Waals surface area contributed by atoms with Gasteiger partial charge in [0.25, 0.3) is 0 Å². The molecule has 0 saturated heterocycles. The molecule has 0 aliphatic rings. The molecular weight excluding hydrogens is 240 g/mol. The Balaban J connectivity index is 2.22. The number of aromatic nitrogens is 1. The number of ketones is 1. The molecule has 2 aromatic rings. The average molecular weight is 256 g/mol. The standard InChI is InChI=1S/C15H16N2O2/c1-11(18)12-4-9-15(16-10-12)17(2)13-5-7-14(19-3)8-6-13/h4-10H,1-3H3. The third kappa shape index (κ3) is 2.91. The summed E-state index contributed by atoms with van der Waals surface area (Å²) in [5.74, 6) is 1.62. The molecule has 0 bridgehead atoms. The van der Waals surface area contributed by atoms with Crippen LogP contribution in [0.4, 0.5) is 11.5 Å². The minimum Gasteiger partial charge on any atom is -0.497 e. The van der Waals surface area contributed by atoms with Crippen LogP contribution in [0, 0.1) is 0 Å². The molecule has 1 heterocycles. The molecule has 0 saturated carbocycles. The van der Waals surface area contributed by atoms with Crippen molar-refractivity contribution in [1.82, 2.24) is 4.98 Å². The SMILES string of the molecule is COc1ccc(N(C)c2ccc(C(C)=O)cn2)cc1. The van der Waals surface area contributed by atoms with Crippen molar-refractivity contribution in [3.05, 3.63) is 48.2 Å². The Morgan fingerprint density at radius 3 is 2.32 bits per heavy atom. The van der Waals surface area contributed by atoms with Gasteiger partial charge in [0.2, 0.25) is 0 Å². The first kappa shape index (κ1) is 13.1. The Hall–Kier alpha value is -2.36. The van der Waals surface area contributed by atoms with E-state index in [1.165, 1.54) is 6.92 Å². The van der Waals surface area contributed by atoms with E-state index in [-0.39, 0.29) is 5.78 Å². The van der Waals surface area contributed by atoms with Crippen LogP contribution in [-0.4, -0.2) is 24.9 Å². The van der Waals surface area contributed by atoms with Crippen molar-refractivity contribution >= 4 is 17.3 Å². The molecule has 4 nitrogen and oxygen atoms in total. The van der Waals surface area contributed by atoms with E-state index in [1.54, 1.807) is 19.4 Å². The number of hydrogen-bond donors (Lipinski definition) is 0. The van der Waals surface area contributed by atoms with E-state index in [9.17, 15) is 4.79 Å². The second-order valence-corrected chi connectivity index (χ2v) is 4.22. The Morgan fingerprint density at radius 2 is 1.84 bits per heavy atom. The van der Waals surface area contributed by atoms with Crippen LogP contribution in [0.15, 0.2) is 42.6 Å². The van der Waals surface area contributed by atoms with Gasteiger partial charge in [-0.25, -0.2) is 4.98 Å². The Kier molecular flexibility index (Phi) is 3.80. The summed E-state index contributed by atoms with van der Waals surface area (Å²) in [5, 5.41) is 0. The molecule has 0 N–H and O–H groups in total. The fourth-order valence-electron chi connectivity index (χ4n) is 1.73. The molecule has 0 fully saturated rings. The summed E-state index contributed by atoms with van der Waals surface area (Å²) in [6.45, 7) is 1.53. The van der Waals surface area contributed by atoms with Crippen molar-refractivity contribution in [2.75, 3.05) is 19.1 Å². The summed E-state index contributed by atoms with van der Waals surface area (Å²) in [5.41, 5.74) is 1.62. The van der Waals surface area contributed by atoms with Crippen LogP contribution < -0.4 is 9.64 Å². The van der Waals surface area contributed by atoms with E-state index in [1.807, 2.05) is 42.3 Å². The average Bonchev–Trinajstić information content (AvgIpc) is 2.46. The monoisotopic (exact) mass is 256 g/mol. The second kappa shape index (κ2) is 5.52. The number of rotatable bonds is 4. The smallest absolute Gasteiger partial charge is 0.161 e. The van der Waals surface area contributed by atoms with Crippen LogP contribution in [0.1, 0.15) is 17.3 Å². The number of ether oxygens (including phenoxy) is 1. The number of Topliss-reactive ketones (excluding diaryl/α,β-unsaturated/α-hetero) is 1. The van der Waals surface area contributed by atoms with Gasteiger partial charge in [-0.3, -0.25) is 4.79 Å². The van der Waals surface area contributed by atoms with Crippen LogP contribution >= 0.6 is 0 Å². The Morgan fingerprint density at radius 1 is 1.16 bits per heavy atom.